The first-order valence-corrected chi connectivity index (χ1v) is 7.69. The monoisotopic (exact) mass is 326 g/mol. The molecule has 0 spiro atoms. The van der Waals surface area contributed by atoms with Gasteiger partial charge in [0, 0.05) is 13.1 Å². The Morgan fingerprint density at radius 3 is 2.52 bits per heavy atom. The van der Waals surface area contributed by atoms with Gasteiger partial charge in [0.1, 0.15) is 11.5 Å². The van der Waals surface area contributed by atoms with E-state index in [0.717, 1.165) is 5.56 Å². The van der Waals surface area contributed by atoms with E-state index in [1.807, 2.05) is 0 Å². The van der Waals surface area contributed by atoms with Gasteiger partial charge >= 0.3 is 0 Å². The molecule has 3 rings (SSSR count). The Bertz CT molecular complexity index is 813. The van der Waals surface area contributed by atoms with Gasteiger partial charge < -0.3 is 10.2 Å². The van der Waals surface area contributed by atoms with E-state index in [2.05, 4.69) is 4.99 Å². The molecule has 1 fully saturated rings. The lowest BCUT2D eigenvalue weighted by molar-refractivity contribution is -0.121. The third-order valence-corrected chi connectivity index (χ3v) is 4.31. The van der Waals surface area contributed by atoms with Crippen LogP contribution in [0, 0.1) is 0 Å². The van der Waals surface area contributed by atoms with Crippen molar-refractivity contribution in [2.45, 2.75) is 0 Å². The average Bonchev–Trinajstić information content (AvgIpc) is 2.78. The zero-order valence-electron chi connectivity index (χ0n) is 12.3. The van der Waals surface area contributed by atoms with E-state index >= 15 is 0 Å². The highest BCUT2D eigenvalue weighted by Crippen LogP contribution is 2.33. The number of phenolic OH excluding ortho intramolecular Hbond substituents is 2. The number of nitrogens with zero attached hydrogens (tertiary/aromatic N) is 2. The summed E-state index contributed by atoms with van der Waals surface area (Å²) < 4.78 is 0. The molecular weight excluding hydrogens is 312 g/mol. The van der Waals surface area contributed by atoms with Crippen molar-refractivity contribution >= 4 is 34.6 Å². The molecule has 116 valence electrons. The van der Waals surface area contributed by atoms with E-state index < -0.39 is 0 Å². The van der Waals surface area contributed by atoms with E-state index in [9.17, 15) is 15.0 Å². The number of hydrogen-bond donors (Lipinski definition) is 2. The predicted octanol–water partition coefficient (Wildman–Crippen LogP) is 3.33. The molecule has 1 heterocycles. The quantitative estimate of drug-likeness (QED) is 0.830. The van der Waals surface area contributed by atoms with Crippen molar-refractivity contribution in [3.63, 3.8) is 0 Å². The lowest BCUT2D eigenvalue weighted by atomic mass is 10.2. The van der Waals surface area contributed by atoms with Crippen LogP contribution in [0.25, 0.3) is 6.08 Å². The number of phenols is 2. The molecule has 5 nitrogen and oxygen atoms in total. The largest absolute Gasteiger partial charge is 0.508 e. The van der Waals surface area contributed by atoms with Crippen LogP contribution in [0.1, 0.15) is 5.56 Å². The minimum absolute atomic E-state index is 0.128. The number of likely N-dealkylation sites (N-methyl/N-ethyl adjacent to an activating group) is 1. The fourth-order valence-corrected chi connectivity index (χ4v) is 3.03. The number of aliphatic imine (C=N–C) groups is 1. The summed E-state index contributed by atoms with van der Waals surface area (Å²) in [6.07, 6.45) is 1.76. The maximum absolute atomic E-state index is 12.3. The van der Waals surface area contributed by atoms with E-state index in [0.29, 0.717) is 15.8 Å². The van der Waals surface area contributed by atoms with Crippen LogP contribution < -0.4 is 0 Å². The van der Waals surface area contributed by atoms with Crippen LogP contribution in [0.5, 0.6) is 11.5 Å². The van der Waals surface area contributed by atoms with Crippen LogP contribution in [0.4, 0.5) is 5.69 Å². The molecule has 0 unspecified atom stereocenters. The number of carbonyl (C=O) groups excluding carboxylic acids is 1. The first kappa shape index (κ1) is 15.2. The zero-order chi connectivity index (χ0) is 16.4. The Morgan fingerprint density at radius 1 is 1.09 bits per heavy atom. The Balaban J connectivity index is 1.89. The lowest BCUT2D eigenvalue weighted by Crippen LogP contribution is -2.23. The minimum atomic E-state index is -0.137. The highest BCUT2D eigenvalue weighted by Gasteiger charge is 2.30. The van der Waals surface area contributed by atoms with Crippen LogP contribution in [0.15, 0.2) is 58.4 Å². The van der Waals surface area contributed by atoms with Gasteiger partial charge in [0.2, 0.25) is 0 Å². The maximum Gasteiger partial charge on any atom is 0.266 e. The minimum Gasteiger partial charge on any atom is -0.508 e. The molecule has 0 aromatic heterocycles. The Labute approximate surface area is 137 Å². The normalized spacial score (nSPS) is 18.1. The molecule has 0 aliphatic carbocycles. The van der Waals surface area contributed by atoms with Crippen molar-refractivity contribution in [1.29, 1.82) is 0 Å². The third-order valence-electron chi connectivity index (χ3n) is 3.25. The van der Waals surface area contributed by atoms with Gasteiger partial charge in [-0.05, 0) is 47.7 Å². The molecule has 6 heteroatoms. The summed E-state index contributed by atoms with van der Waals surface area (Å²) in [6.45, 7) is 0. The van der Waals surface area contributed by atoms with Crippen molar-refractivity contribution in [2.75, 3.05) is 7.05 Å². The third kappa shape index (κ3) is 3.37. The van der Waals surface area contributed by atoms with E-state index in [4.69, 9.17) is 0 Å². The second-order valence-electron chi connectivity index (χ2n) is 4.98. The zero-order valence-corrected chi connectivity index (χ0v) is 13.1. The molecule has 2 N–H and O–H groups in total. The van der Waals surface area contributed by atoms with Crippen LogP contribution in [-0.2, 0) is 4.79 Å². The number of thioether (sulfide) groups is 1. The van der Waals surface area contributed by atoms with Crippen LogP contribution in [-0.4, -0.2) is 33.2 Å². The molecule has 23 heavy (non-hydrogen) atoms. The van der Waals surface area contributed by atoms with Gasteiger partial charge in [-0.1, -0.05) is 18.2 Å². The van der Waals surface area contributed by atoms with E-state index in [1.54, 1.807) is 55.6 Å². The van der Waals surface area contributed by atoms with Crippen molar-refractivity contribution in [2.24, 2.45) is 4.99 Å². The van der Waals surface area contributed by atoms with Crippen molar-refractivity contribution in [1.82, 2.24) is 4.90 Å². The Morgan fingerprint density at radius 2 is 1.83 bits per heavy atom. The van der Waals surface area contributed by atoms with Crippen molar-refractivity contribution in [3.05, 3.63) is 59.0 Å². The number of amidine groups is 1. The van der Waals surface area contributed by atoms with Crippen LogP contribution in [0.2, 0.25) is 0 Å². The lowest BCUT2D eigenvalue weighted by Gasteiger charge is -2.07. The van der Waals surface area contributed by atoms with Gasteiger partial charge in [-0.25, -0.2) is 4.99 Å². The smallest absolute Gasteiger partial charge is 0.266 e. The maximum atomic E-state index is 12.3. The summed E-state index contributed by atoms with van der Waals surface area (Å²) >= 11 is 1.27. The molecule has 2 aromatic rings. The highest BCUT2D eigenvalue weighted by molar-refractivity contribution is 8.18. The van der Waals surface area contributed by atoms with Crippen molar-refractivity contribution < 1.29 is 15.0 Å². The van der Waals surface area contributed by atoms with Gasteiger partial charge in [-0.3, -0.25) is 9.69 Å². The first-order valence-electron chi connectivity index (χ1n) is 6.87. The van der Waals surface area contributed by atoms with Gasteiger partial charge in [0.05, 0.1) is 10.6 Å². The summed E-state index contributed by atoms with van der Waals surface area (Å²) in [5, 5.41) is 19.3. The van der Waals surface area contributed by atoms with Crippen LogP contribution in [0.3, 0.4) is 0 Å². The standard InChI is InChI=1S/C17H14N2O3S/c1-19-16(22)15(9-11-5-7-13(20)8-6-11)23-17(19)18-12-3-2-4-14(21)10-12/h2-10,20-21H,1H3/b15-9-,18-17?. The summed E-state index contributed by atoms with van der Waals surface area (Å²) in [7, 11) is 1.66. The number of carbonyl (C=O) groups is 1. The molecule has 1 amide bonds. The summed E-state index contributed by atoms with van der Waals surface area (Å²) in [5.41, 5.74) is 1.41. The van der Waals surface area contributed by atoms with E-state index in [1.165, 1.54) is 22.7 Å². The summed E-state index contributed by atoms with van der Waals surface area (Å²) in [6, 6.07) is 13.2. The molecule has 2 aromatic carbocycles. The SMILES string of the molecule is CN1C(=O)/C(=C/c2ccc(O)cc2)SC1=Nc1cccc(O)c1. The number of hydrogen-bond acceptors (Lipinski definition) is 5. The Hall–Kier alpha value is -2.73. The van der Waals surface area contributed by atoms with Gasteiger partial charge in [-0.2, -0.15) is 0 Å². The molecule has 1 aliphatic rings. The molecule has 0 bridgehead atoms. The fourth-order valence-electron chi connectivity index (χ4n) is 2.05. The number of aromatic hydroxyl groups is 2. The molecule has 1 aliphatic heterocycles. The van der Waals surface area contributed by atoms with Crippen LogP contribution >= 0.6 is 11.8 Å². The average molecular weight is 326 g/mol. The molecule has 0 radical (unpaired) electrons. The fraction of sp³-hybridized carbons (Fsp3) is 0.0588. The first-order chi connectivity index (χ1) is 11.0. The predicted molar refractivity (Wildman–Crippen MR) is 91.6 cm³/mol. The summed E-state index contributed by atoms with van der Waals surface area (Å²) in [5.74, 6) is 0.173. The molecule has 0 saturated carbocycles. The number of amides is 1. The second kappa shape index (κ2) is 6.18. The van der Waals surface area contributed by atoms with Gasteiger partial charge in [-0.15, -0.1) is 0 Å². The number of benzene rings is 2. The number of rotatable bonds is 2. The van der Waals surface area contributed by atoms with E-state index in [-0.39, 0.29) is 17.4 Å². The van der Waals surface area contributed by atoms with Gasteiger partial charge in [0.25, 0.3) is 5.91 Å². The Kier molecular flexibility index (Phi) is 4.08. The second-order valence-corrected chi connectivity index (χ2v) is 5.99. The molecule has 1 saturated heterocycles. The van der Waals surface area contributed by atoms with Crippen molar-refractivity contribution in [3.8, 4) is 11.5 Å². The highest BCUT2D eigenvalue weighted by atomic mass is 32.2. The molecular formula is C17H14N2O3S. The topological polar surface area (TPSA) is 73.1 Å². The molecule has 0 atom stereocenters. The summed E-state index contributed by atoms with van der Waals surface area (Å²) in [4.78, 5) is 18.7. The van der Waals surface area contributed by atoms with Gasteiger partial charge in [0.15, 0.2) is 5.17 Å².